The van der Waals surface area contributed by atoms with Gasteiger partial charge in [0.15, 0.2) is 0 Å². The van der Waals surface area contributed by atoms with E-state index in [1.165, 1.54) is 7.11 Å². The van der Waals surface area contributed by atoms with Crippen molar-refractivity contribution in [2.24, 2.45) is 4.99 Å². The van der Waals surface area contributed by atoms with E-state index in [4.69, 9.17) is 0 Å². The molecule has 0 N–H and O–H groups in total. The largest absolute Gasteiger partial charge is 0.469 e. The highest BCUT2D eigenvalue weighted by atomic mass is 16.5. The van der Waals surface area contributed by atoms with Crippen molar-refractivity contribution >= 4 is 12.0 Å². The molecule has 0 spiro atoms. The molecule has 1 aromatic rings. The zero-order chi connectivity index (χ0) is 11.5. The second kappa shape index (κ2) is 4.47. The molecule has 1 aliphatic heterocycles. The lowest BCUT2D eigenvalue weighted by Crippen LogP contribution is -2.30. The van der Waals surface area contributed by atoms with Crippen LogP contribution in [-0.4, -0.2) is 19.1 Å². The first-order valence-electron chi connectivity index (χ1n) is 5.43. The number of benzene rings is 1. The van der Waals surface area contributed by atoms with E-state index in [0.717, 1.165) is 22.6 Å². The molecule has 0 bridgehead atoms. The molecule has 84 valence electrons. The van der Waals surface area contributed by atoms with Crippen molar-refractivity contribution in [1.29, 1.82) is 0 Å². The van der Waals surface area contributed by atoms with Crippen LogP contribution in [0.2, 0.25) is 0 Å². The molecule has 3 heteroatoms. The molecule has 0 saturated heterocycles. The van der Waals surface area contributed by atoms with Gasteiger partial charge in [-0.3, -0.25) is 9.79 Å². The van der Waals surface area contributed by atoms with Crippen LogP contribution in [0.5, 0.6) is 0 Å². The zero-order valence-corrected chi connectivity index (χ0v) is 9.56. The predicted octanol–water partition coefficient (Wildman–Crippen LogP) is 0.594. The predicted molar refractivity (Wildman–Crippen MR) is 61.5 cm³/mol. The van der Waals surface area contributed by atoms with Crippen LogP contribution < -0.4 is 10.6 Å². The van der Waals surface area contributed by atoms with Gasteiger partial charge in [0.05, 0.1) is 24.9 Å². The lowest BCUT2D eigenvalue weighted by Gasteiger charge is -2.08. The van der Waals surface area contributed by atoms with Crippen molar-refractivity contribution in [3.63, 3.8) is 0 Å². The summed E-state index contributed by atoms with van der Waals surface area (Å²) in [4.78, 5) is 15.7. The van der Waals surface area contributed by atoms with Crippen LogP contribution in [-0.2, 0) is 16.0 Å². The molecule has 0 amide bonds. The topological polar surface area (TPSA) is 38.7 Å². The van der Waals surface area contributed by atoms with Gasteiger partial charge in [0.1, 0.15) is 0 Å². The molecule has 2 rings (SSSR count). The molecule has 1 heterocycles. The average molecular weight is 217 g/mol. The smallest absolute Gasteiger partial charge is 0.309 e. The molecular formula is C13H15NO2. The summed E-state index contributed by atoms with van der Waals surface area (Å²) in [5, 5.41) is 2.15. The minimum atomic E-state index is -0.207. The Labute approximate surface area is 94.5 Å². The Morgan fingerprint density at radius 2 is 2.38 bits per heavy atom. The third kappa shape index (κ3) is 2.30. The molecular weight excluding hydrogens is 202 g/mol. The summed E-state index contributed by atoms with van der Waals surface area (Å²) in [5.41, 5.74) is 0.978. The number of esters is 1. The second-order valence-electron chi connectivity index (χ2n) is 4.06. The Hall–Kier alpha value is -1.64. The summed E-state index contributed by atoms with van der Waals surface area (Å²) in [6, 6.07) is 6.28. The maximum Gasteiger partial charge on any atom is 0.309 e. The van der Waals surface area contributed by atoms with Gasteiger partial charge in [-0.1, -0.05) is 12.1 Å². The number of hydrogen-bond acceptors (Lipinski definition) is 3. The van der Waals surface area contributed by atoms with E-state index in [1.807, 2.05) is 18.2 Å². The summed E-state index contributed by atoms with van der Waals surface area (Å²) in [6.45, 7) is 2.10. The minimum Gasteiger partial charge on any atom is -0.469 e. The fraction of sp³-hybridized carbons (Fsp3) is 0.385. The maximum absolute atomic E-state index is 11.1. The molecule has 0 aromatic heterocycles. The first-order chi connectivity index (χ1) is 7.69. The van der Waals surface area contributed by atoms with E-state index in [1.54, 1.807) is 0 Å². The van der Waals surface area contributed by atoms with Crippen molar-refractivity contribution in [2.75, 3.05) is 7.11 Å². The number of carbonyl (C=O) groups is 1. The van der Waals surface area contributed by atoms with Crippen LogP contribution >= 0.6 is 0 Å². The van der Waals surface area contributed by atoms with Crippen molar-refractivity contribution in [3.8, 4) is 0 Å². The third-order valence-corrected chi connectivity index (χ3v) is 2.71. The van der Waals surface area contributed by atoms with Gasteiger partial charge >= 0.3 is 5.97 Å². The average Bonchev–Trinajstić information content (AvgIpc) is 2.29. The fourth-order valence-corrected chi connectivity index (χ4v) is 1.82. The first kappa shape index (κ1) is 10.9. The van der Waals surface area contributed by atoms with Crippen molar-refractivity contribution in [2.45, 2.75) is 25.8 Å². The Balaban J connectivity index is 2.34. The van der Waals surface area contributed by atoms with E-state index in [0.29, 0.717) is 12.5 Å². The highest BCUT2D eigenvalue weighted by molar-refractivity contribution is 5.72. The van der Waals surface area contributed by atoms with Crippen LogP contribution in [0.3, 0.4) is 0 Å². The summed E-state index contributed by atoms with van der Waals surface area (Å²) in [7, 11) is 1.41. The quantitative estimate of drug-likeness (QED) is 0.680. The van der Waals surface area contributed by atoms with Gasteiger partial charge in [0, 0.05) is 0 Å². The number of methoxy groups -OCH3 is 1. The molecule has 0 radical (unpaired) electrons. The van der Waals surface area contributed by atoms with Gasteiger partial charge in [-0.25, -0.2) is 0 Å². The molecule has 1 unspecified atom stereocenters. The van der Waals surface area contributed by atoms with E-state index in [9.17, 15) is 4.79 Å². The Kier molecular flexibility index (Phi) is 3.04. The van der Waals surface area contributed by atoms with Crippen molar-refractivity contribution < 1.29 is 9.53 Å². The third-order valence-electron chi connectivity index (χ3n) is 2.71. The number of fused-ring (bicyclic) bond motifs is 1. The van der Waals surface area contributed by atoms with Gasteiger partial charge in [-0.05, 0) is 36.3 Å². The Morgan fingerprint density at radius 1 is 1.56 bits per heavy atom. The summed E-state index contributed by atoms with van der Waals surface area (Å²) in [5.74, 6) is -0.207. The van der Waals surface area contributed by atoms with Gasteiger partial charge in [0.25, 0.3) is 0 Å². The van der Waals surface area contributed by atoms with Crippen molar-refractivity contribution in [1.82, 2.24) is 0 Å². The number of hydrogen-bond donors (Lipinski definition) is 0. The summed E-state index contributed by atoms with van der Waals surface area (Å²) in [6.07, 6.45) is 3.47. The number of ether oxygens (including phenoxy) is 1. The van der Waals surface area contributed by atoms with Gasteiger partial charge in [0.2, 0.25) is 0 Å². The molecule has 1 aromatic carbocycles. The highest BCUT2D eigenvalue weighted by Gasteiger charge is 2.05. The summed E-state index contributed by atoms with van der Waals surface area (Å²) < 4.78 is 4.64. The van der Waals surface area contributed by atoms with Crippen LogP contribution in [0.4, 0.5) is 0 Å². The minimum absolute atomic E-state index is 0.207. The Morgan fingerprint density at radius 3 is 3.12 bits per heavy atom. The number of nitrogens with zero attached hydrogens (tertiary/aromatic N) is 1. The molecule has 1 atom stereocenters. The Bertz CT molecular complexity index is 519. The lowest BCUT2D eigenvalue weighted by atomic mass is 10.1. The van der Waals surface area contributed by atoms with E-state index in [-0.39, 0.29) is 5.97 Å². The number of rotatable bonds is 2. The standard InChI is InChI=1S/C13H15NO2/c1-9-3-5-11-7-10(8-13(15)16-2)4-6-12(11)14-9/h4-7,9H,3,8H2,1-2H3. The molecule has 16 heavy (non-hydrogen) atoms. The van der Waals surface area contributed by atoms with Crippen LogP contribution in [0.25, 0.3) is 6.08 Å². The van der Waals surface area contributed by atoms with E-state index < -0.39 is 0 Å². The second-order valence-corrected chi connectivity index (χ2v) is 4.06. The lowest BCUT2D eigenvalue weighted by molar-refractivity contribution is -0.139. The maximum atomic E-state index is 11.1. The first-order valence-corrected chi connectivity index (χ1v) is 5.43. The fourth-order valence-electron chi connectivity index (χ4n) is 1.82. The van der Waals surface area contributed by atoms with Crippen LogP contribution in [0.15, 0.2) is 23.2 Å². The monoisotopic (exact) mass is 217 g/mol. The molecule has 1 aliphatic rings. The van der Waals surface area contributed by atoms with Gasteiger partial charge in [-0.2, -0.15) is 0 Å². The normalized spacial score (nSPS) is 18.0. The van der Waals surface area contributed by atoms with Gasteiger partial charge in [-0.15, -0.1) is 0 Å². The highest BCUT2D eigenvalue weighted by Crippen LogP contribution is 2.01. The SMILES string of the molecule is COC(=O)Cc1ccc2c(c1)=CCC(C)N=2. The van der Waals surface area contributed by atoms with Crippen LogP contribution in [0.1, 0.15) is 18.9 Å². The van der Waals surface area contributed by atoms with Crippen LogP contribution in [0, 0.1) is 0 Å². The molecule has 0 saturated carbocycles. The van der Waals surface area contributed by atoms with E-state index >= 15 is 0 Å². The summed E-state index contributed by atoms with van der Waals surface area (Å²) >= 11 is 0. The van der Waals surface area contributed by atoms with Crippen molar-refractivity contribution in [3.05, 3.63) is 34.3 Å². The van der Waals surface area contributed by atoms with Gasteiger partial charge < -0.3 is 4.74 Å². The molecule has 0 aliphatic carbocycles. The molecule has 3 nitrogen and oxygen atoms in total. The number of carbonyl (C=O) groups excluding carboxylic acids is 1. The molecule has 0 fully saturated rings. The zero-order valence-electron chi connectivity index (χ0n) is 9.56. The van der Waals surface area contributed by atoms with E-state index in [2.05, 4.69) is 22.7 Å².